The Morgan fingerprint density at radius 3 is 2.41 bits per heavy atom. The van der Waals surface area contributed by atoms with Crippen molar-refractivity contribution in [2.24, 2.45) is 5.84 Å². The molecule has 0 radical (unpaired) electrons. The van der Waals surface area contributed by atoms with Gasteiger partial charge >= 0.3 is 0 Å². The molecule has 0 saturated carbocycles. The SMILES string of the molecule is NNC(c1ccccc1)c1cccc(Br)c1F. The fraction of sp³-hybridized carbons (Fsp3) is 0.0769. The third-order valence-electron chi connectivity index (χ3n) is 2.59. The van der Waals surface area contributed by atoms with E-state index in [1.807, 2.05) is 30.3 Å². The second-order valence-electron chi connectivity index (χ2n) is 3.65. The zero-order valence-corrected chi connectivity index (χ0v) is 10.6. The molecule has 17 heavy (non-hydrogen) atoms. The highest BCUT2D eigenvalue weighted by atomic mass is 79.9. The van der Waals surface area contributed by atoms with Gasteiger partial charge in [-0.15, -0.1) is 0 Å². The summed E-state index contributed by atoms with van der Waals surface area (Å²) in [6, 6.07) is 14.3. The fourth-order valence-electron chi connectivity index (χ4n) is 1.75. The molecule has 0 bridgehead atoms. The molecule has 2 nitrogen and oxygen atoms in total. The molecule has 0 spiro atoms. The molecule has 0 aliphatic rings. The molecule has 0 aliphatic carbocycles. The van der Waals surface area contributed by atoms with Gasteiger partial charge in [-0.1, -0.05) is 42.5 Å². The van der Waals surface area contributed by atoms with Gasteiger partial charge in [0.2, 0.25) is 0 Å². The van der Waals surface area contributed by atoms with Gasteiger partial charge in [-0.05, 0) is 27.6 Å². The molecule has 0 heterocycles. The maximum absolute atomic E-state index is 14.0. The van der Waals surface area contributed by atoms with Crippen molar-refractivity contribution in [3.63, 3.8) is 0 Å². The van der Waals surface area contributed by atoms with Crippen LogP contribution < -0.4 is 11.3 Å². The Morgan fingerprint density at radius 2 is 1.76 bits per heavy atom. The second kappa shape index (κ2) is 5.40. The van der Waals surface area contributed by atoms with E-state index in [4.69, 9.17) is 5.84 Å². The van der Waals surface area contributed by atoms with E-state index < -0.39 is 0 Å². The summed E-state index contributed by atoms with van der Waals surface area (Å²) in [7, 11) is 0. The number of benzene rings is 2. The molecule has 0 amide bonds. The van der Waals surface area contributed by atoms with Gasteiger partial charge in [-0.2, -0.15) is 0 Å². The average Bonchev–Trinajstić information content (AvgIpc) is 2.37. The van der Waals surface area contributed by atoms with Crippen molar-refractivity contribution in [1.29, 1.82) is 0 Å². The quantitative estimate of drug-likeness (QED) is 0.674. The van der Waals surface area contributed by atoms with Gasteiger partial charge in [-0.3, -0.25) is 5.84 Å². The monoisotopic (exact) mass is 294 g/mol. The first-order chi connectivity index (χ1) is 8.24. The topological polar surface area (TPSA) is 38.0 Å². The van der Waals surface area contributed by atoms with Crippen LogP contribution in [0.1, 0.15) is 17.2 Å². The summed E-state index contributed by atoms with van der Waals surface area (Å²) >= 11 is 3.17. The number of rotatable bonds is 3. The number of hydrazine groups is 1. The van der Waals surface area contributed by atoms with E-state index in [-0.39, 0.29) is 11.9 Å². The van der Waals surface area contributed by atoms with Crippen molar-refractivity contribution < 1.29 is 4.39 Å². The molecule has 2 rings (SSSR count). The van der Waals surface area contributed by atoms with E-state index >= 15 is 0 Å². The third kappa shape index (κ3) is 2.54. The first-order valence-electron chi connectivity index (χ1n) is 5.19. The van der Waals surface area contributed by atoms with E-state index in [1.54, 1.807) is 18.2 Å². The number of halogens is 2. The van der Waals surface area contributed by atoms with E-state index in [1.165, 1.54) is 0 Å². The Morgan fingerprint density at radius 1 is 1.06 bits per heavy atom. The summed E-state index contributed by atoms with van der Waals surface area (Å²) in [6.45, 7) is 0. The fourth-order valence-corrected chi connectivity index (χ4v) is 2.14. The van der Waals surface area contributed by atoms with Gasteiger partial charge in [-0.25, -0.2) is 9.82 Å². The lowest BCUT2D eigenvalue weighted by Gasteiger charge is -2.17. The first kappa shape index (κ1) is 12.2. The summed E-state index contributed by atoms with van der Waals surface area (Å²) in [5, 5.41) is 0. The van der Waals surface area contributed by atoms with Crippen LogP contribution in [0.5, 0.6) is 0 Å². The van der Waals surface area contributed by atoms with Crippen LogP contribution in [0.15, 0.2) is 53.0 Å². The molecule has 1 unspecified atom stereocenters. The second-order valence-corrected chi connectivity index (χ2v) is 4.51. The lowest BCUT2D eigenvalue weighted by Crippen LogP contribution is -2.29. The molecular formula is C13H12BrFN2. The highest BCUT2D eigenvalue weighted by Crippen LogP contribution is 2.27. The number of hydrogen-bond acceptors (Lipinski definition) is 2. The minimum absolute atomic E-state index is 0.292. The van der Waals surface area contributed by atoms with Crippen molar-refractivity contribution >= 4 is 15.9 Å². The predicted molar refractivity (Wildman–Crippen MR) is 69.7 cm³/mol. The minimum Gasteiger partial charge on any atom is -0.271 e. The van der Waals surface area contributed by atoms with Crippen molar-refractivity contribution in [3.05, 3.63) is 69.9 Å². The van der Waals surface area contributed by atoms with Gasteiger partial charge in [0.15, 0.2) is 0 Å². The van der Waals surface area contributed by atoms with Crippen molar-refractivity contribution in [2.75, 3.05) is 0 Å². The van der Waals surface area contributed by atoms with Gasteiger partial charge < -0.3 is 0 Å². The van der Waals surface area contributed by atoms with Crippen LogP contribution in [-0.2, 0) is 0 Å². The van der Waals surface area contributed by atoms with E-state index in [2.05, 4.69) is 21.4 Å². The summed E-state index contributed by atoms with van der Waals surface area (Å²) in [4.78, 5) is 0. The summed E-state index contributed by atoms with van der Waals surface area (Å²) in [5.74, 6) is 5.23. The minimum atomic E-state index is -0.353. The maximum atomic E-state index is 14.0. The lowest BCUT2D eigenvalue weighted by molar-refractivity contribution is 0.556. The lowest BCUT2D eigenvalue weighted by atomic mass is 9.99. The molecule has 0 aromatic heterocycles. The Kier molecular flexibility index (Phi) is 3.89. The largest absolute Gasteiger partial charge is 0.271 e. The predicted octanol–water partition coefficient (Wildman–Crippen LogP) is 3.14. The van der Waals surface area contributed by atoms with Crippen LogP contribution in [-0.4, -0.2) is 0 Å². The summed E-state index contributed by atoms with van der Waals surface area (Å²) in [5.41, 5.74) is 4.09. The maximum Gasteiger partial charge on any atom is 0.142 e. The van der Waals surface area contributed by atoms with E-state index in [0.717, 1.165) is 5.56 Å². The molecule has 0 saturated heterocycles. The molecule has 0 aliphatic heterocycles. The molecule has 3 N–H and O–H groups in total. The van der Waals surface area contributed by atoms with Gasteiger partial charge in [0.1, 0.15) is 5.82 Å². The summed E-state index contributed by atoms with van der Waals surface area (Å²) in [6.07, 6.45) is 0. The zero-order valence-electron chi connectivity index (χ0n) is 9.03. The normalized spacial score (nSPS) is 12.4. The Balaban J connectivity index is 2.46. The van der Waals surface area contributed by atoms with Crippen LogP contribution in [0.25, 0.3) is 0 Å². The van der Waals surface area contributed by atoms with Crippen molar-refractivity contribution in [2.45, 2.75) is 6.04 Å². The number of nitrogens with one attached hydrogen (secondary N) is 1. The molecule has 0 fully saturated rings. The Hall–Kier alpha value is -1.23. The van der Waals surface area contributed by atoms with Crippen LogP contribution in [0.3, 0.4) is 0 Å². The summed E-state index contributed by atoms with van der Waals surface area (Å²) < 4.78 is 14.4. The van der Waals surface area contributed by atoms with Crippen molar-refractivity contribution in [1.82, 2.24) is 5.43 Å². The third-order valence-corrected chi connectivity index (χ3v) is 3.20. The first-order valence-corrected chi connectivity index (χ1v) is 5.98. The average molecular weight is 295 g/mol. The number of hydrogen-bond donors (Lipinski definition) is 2. The molecule has 1 atom stereocenters. The van der Waals surface area contributed by atoms with Crippen LogP contribution in [0, 0.1) is 5.82 Å². The smallest absolute Gasteiger partial charge is 0.142 e. The molecule has 88 valence electrons. The van der Waals surface area contributed by atoms with Gasteiger partial charge in [0.05, 0.1) is 10.5 Å². The zero-order chi connectivity index (χ0) is 12.3. The van der Waals surface area contributed by atoms with E-state index in [9.17, 15) is 4.39 Å². The van der Waals surface area contributed by atoms with Crippen LogP contribution in [0.4, 0.5) is 4.39 Å². The number of nitrogens with two attached hydrogens (primary N) is 1. The molecular weight excluding hydrogens is 283 g/mol. The van der Waals surface area contributed by atoms with E-state index in [0.29, 0.717) is 10.0 Å². The molecule has 2 aromatic rings. The molecule has 2 aromatic carbocycles. The highest BCUT2D eigenvalue weighted by molar-refractivity contribution is 9.10. The van der Waals surface area contributed by atoms with Crippen LogP contribution in [0.2, 0.25) is 0 Å². The van der Waals surface area contributed by atoms with Gasteiger partial charge in [0.25, 0.3) is 0 Å². The van der Waals surface area contributed by atoms with Crippen molar-refractivity contribution in [3.8, 4) is 0 Å². The van der Waals surface area contributed by atoms with Crippen LogP contribution >= 0.6 is 15.9 Å². The van der Waals surface area contributed by atoms with Gasteiger partial charge in [0, 0.05) is 5.56 Å². The Bertz CT molecular complexity index is 502. The molecule has 4 heteroatoms. The Labute approximate surface area is 108 Å². The highest BCUT2D eigenvalue weighted by Gasteiger charge is 2.17. The standard InChI is InChI=1S/C13H12BrFN2/c14-11-8-4-7-10(12(11)15)13(17-16)9-5-2-1-3-6-9/h1-8,13,17H,16H2.